The number of nitrogens with one attached hydrogen (secondary N) is 1. The molecule has 1 N–H and O–H groups in total. The molecule has 7 heteroatoms. The molecule has 0 saturated carbocycles. The van der Waals surface area contributed by atoms with Gasteiger partial charge >= 0.3 is 0 Å². The molecule has 0 saturated heterocycles. The maximum Gasteiger partial charge on any atom is 0.261 e. The second-order valence-electron chi connectivity index (χ2n) is 7.39. The molecule has 1 aliphatic rings. The van der Waals surface area contributed by atoms with Crippen LogP contribution in [0, 0.1) is 11.6 Å². The summed E-state index contributed by atoms with van der Waals surface area (Å²) in [7, 11) is 0. The molecule has 0 radical (unpaired) electrons. The summed E-state index contributed by atoms with van der Waals surface area (Å²) in [5, 5.41) is 2.52. The van der Waals surface area contributed by atoms with Crippen LogP contribution in [0.5, 0.6) is 11.5 Å². The van der Waals surface area contributed by atoms with Gasteiger partial charge in [0.05, 0.1) is 11.4 Å². The van der Waals surface area contributed by atoms with E-state index < -0.39 is 23.1 Å². The summed E-state index contributed by atoms with van der Waals surface area (Å²) in [6.07, 6.45) is 0. The molecule has 2 heterocycles. The van der Waals surface area contributed by atoms with Gasteiger partial charge in [-0.15, -0.1) is 0 Å². The van der Waals surface area contributed by atoms with Crippen LogP contribution < -0.4 is 14.8 Å². The van der Waals surface area contributed by atoms with Crippen LogP contribution in [0.15, 0.2) is 78.9 Å². The molecule has 3 aromatic carbocycles. The van der Waals surface area contributed by atoms with Crippen molar-refractivity contribution in [3.05, 3.63) is 96.1 Å². The van der Waals surface area contributed by atoms with Crippen molar-refractivity contribution in [2.24, 2.45) is 0 Å². The van der Waals surface area contributed by atoms with E-state index in [1.807, 2.05) is 36.4 Å². The molecule has 164 valence electrons. The fraction of sp³-hybridized carbons (Fsp3) is 0.0769. The van der Waals surface area contributed by atoms with E-state index in [-0.39, 0.29) is 0 Å². The fourth-order valence-corrected chi connectivity index (χ4v) is 3.59. The van der Waals surface area contributed by atoms with E-state index in [4.69, 9.17) is 14.5 Å². The molecular weight excluding hydrogens is 426 g/mol. The van der Waals surface area contributed by atoms with Crippen molar-refractivity contribution in [1.82, 2.24) is 4.98 Å². The number of pyridine rings is 1. The standard InChI is InChI=1S/C26H18F2N2O3/c27-19-3-1-4-20(28)25(19)26(31)29-18-10-7-16(8-11-18)21-5-2-6-22(30-21)17-9-12-23-24(15-17)33-14-13-32-23/h1-12,15H,13-14H2,(H,29,31). The molecule has 0 spiro atoms. The Morgan fingerprint density at radius 1 is 0.758 bits per heavy atom. The first-order valence-corrected chi connectivity index (χ1v) is 10.3. The third-order valence-electron chi connectivity index (χ3n) is 5.22. The van der Waals surface area contributed by atoms with Crippen molar-refractivity contribution in [1.29, 1.82) is 0 Å². The van der Waals surface area contributed by atoms with Gasteiger partial charge in [0.1, 0.15) is 30.4 Å². The number of aromatic nitrogens is 1. The number of ether oxygens (including phenoxy) is 2. The van der Waals surface area contributed by atoms with Gasteiger partial charge in [0, 0.05) is 16.8 Å². The molecule has 0 fully saturated rings. The minimum Gasteiger partial charge on any atom is -0.486 e. The SMILES string of the molecule is O=C(Nc1ccc(-c2cccc(-c3ccc4c(c3)OCCO4)n2)cc1)c1c(F)cccc1F. The Labute approximate surface area is 188 Å². The van der Waals surface area contributed by atoms with E-state index in [1.165, 1.54) is 6.07 Å². The van der Waals surface area contributed by atoms with Gasteiger partial charge in [-0.2, -0.15) is 0 Å². The lowest BCUT2D eigenvalue weighted by atomic mass is 10.1. The number of fused-ring (bicyclic) bond motifs is 1. The molecule has 1 aliphatic heterocycles. The quantitative estimate of drug-likeness (QED) is 0.438. The van der Waals surface area contributed by atoms with E-state index in [2.05, 4.69) is 5.32 Å². The zero-order valence-electron chi connectivity index (χ0n) is 17.3. The lowest BCUT2D eigenvalue weighted by Gasteiger charge is -2.18. The molecule has 5 rings (SSSR count). The Morgan fingerprint density at radius 2 is 1.36 bits per heavy atom. The third kappa shape index (κ3) is 4.25. The zero-order chi connectivity index (χ0) is 22.8. The number of nitrogens with zero attached hydrogens (tertiary/aromatic N) is 1. The monoisotopic (exact) mass is 444 g/mol. The predicted molar refractivity (Wildman–Crippen MR) is 120 cm³/mol. The van der Waals surface area contributed by atoms with Gasteiger partial charge in [0.15, 0.2) is 11.5 Å². The molecule has 33 heavy (non-hydrogen) atoms. The topological polar surface area (TPSA) is 60.5 Å². The Hall–Kier alpha value is -4.26. The molecule has 0 aliphatic carbocycles. The lowest BCUT2D eigenvalue weighted by Crippen LogP contribution is -2.15. The van der Waals surface area contributed by atoms with Crippen LogP contribution in [-0.2, 0) is 0 Å². The lowest BCUT2D eigenvalue weighted by molar-refractivity contribution is 0.101. The predicted octanol–water partition coefficient (Wildman–Crippen LogP) is 5.72. The number of anilines is 1. The number of carbonyl (C=O) groups excluding carboxylic acids is 1. The van der Waals surface area contributed by atoms with E-state index in [9.17, 15) is 13.6 Å². The molecule has 0 atom stereocenters. The number of hydrogen-bond donors (Lipinski definition) is 1. The van der Waals surface area contributed by atoms with Crippen LogP contribution in [0.3, 0.4) is 0 Å². The molecule has 5 nitrogen and oxygen atoms in total. The van der Waals surface area contributed by atoms with Crippen molar-refractivity contribution in [3.8, 4) is 34.0 Å². The molecule has 0 unspecified atom stereocenters. The van der Waals surface area contributed by atoms with Gasteiger partial charge in [-0.1, -0.05) is 24.3 Å². The highest BCUT2D eigenvalue weighted by atomic mass is 19.1. The molecule has 1 amide bonds. The van der Waals surface area contributed by atoms with Crippen molar-refractivity contribution in [2.75, 3.05) is 18.5 Å². The number of halogens is 2. The van der Waals surface area contributed by atoms with Crippen LogP contribution in [0.4, 0.5) is 14.5 Å². The summed E-state index contributed by atoms with van der Waals surface area (Å²) in [5.41, 5.74) is 3.03. The molecular formula is C26H18F2N2O3. The molecule has 1 aromatic heterocycles. The van der Waals surface area contributed by atoms with Gasteiger partial charge in [0.2, 0.25) is 0 Å². The summed E-state index contributed by atoms with van der Waals surface area (Å²) in [6, 6.07) is 21.6. The Bertz CT molecular complexity index is 1320. The first-order valence-electron chi connectivity index (χ1n) is 10.3. The van der Waals surface area contributed by atoms with Gasteiger partial charge in [-0.3, -0.25) is 4.79 Å². The van der Waals surface area contributed by atoms with Gasteiger partial charge in [0.25, 0.3) is 5.91 Å². The number of carbonyl (C=O) groups is 1. The summed E-state index contributed by atoms with van der Waals surface area (Å²) in [6.45, 7) is 1.04. The van der Waals surface area contributed by atoms with Crippen molar-refractivity contribution < 1.29 is 23.0 Å². The zero-order valence-corrected chi connectivity index (χ0v) is 17.3. The Morgan fingerprint density at radius 3 is 2.09 bits per heavy atom. The highest BCUT2D eigenvalue weighted by Crippen LogP contribution is 2.34. The minimum absolute atomic E-state index is 0.411. The fourth-order valence-electron chi connectivity index (χ4n) is 3.59. The normalized spacial score (nSPS) is 12.3. The first-order chi connectivity index (χ1) is 16.1. The van der Waals surface area contributed by atoms with Crippen molar-refractivity contribution in [2.45, 2.75) is 0 Å². The molecule has 0 bridgehead atoms. The van der Waals surface area contributed by atoms with E-state index >= 15 is 0 Å². The van der Waals surface area contributed by atoms with Gasteiger partial charge < -0.3 is 14.8 Å². The minimum atomic E-state index is -0.913. The van der Waals surface area contributed by atoms with Crippen LogP contribution in [0.2, 0.25) is 0 Å². The second kappa shape index (κ2) is 8.70. The Kier molecular flexibility index (Phi) is 5.44. The van der Waals surface area contributed by atoms with Crippen LogP contribution in [0.1, 0.15) is 10.4 Å². The highest BCUT2D eigenvalue weighted by molar-refractivity contribution is 6.04. The maximum atomic E-state index is 13.8. The Balaban J connectivity index is 1.36. The van der Waals surface area contributed by atoms with Gasteiger partial charge in [-0.25, -0.2) is 13.8 Å². The number of benzene rings is 3. The smallest absolute Gasteiger partial charge is 0.261 e. The second-order valence-corrected chi connectivity index (χ2v) is 7.39. The highest BCUT2D eigenvalue weighted by Gasteiger charge is 2.17. The number of rotatable bonds is 4. The van der Waals surface area contributed by atoms with Crippen LogP contribution in [-0.4, -0.2) is 24.1 Å². The number of amides is 1. The van der Waals surface area contributed by atoms with Crippen LogP contribution in [0.25, 0.3) is 22.5 Å². The summed E-state index contributed by atoms with van der Waals surface area (Å²) in [5.74, 6) is -1.27. The average molecular weight is 444 g/mol. The first kappa shape index (κ1) is 20.6. The van der Waals surface area contributed by atoms with E-state index in [0.29, 0.717) is 30.4 Å². The summed E-state index contributed by atoms with van der Waals surface area (Å²) < 4.78 is 38.9. The van der Waals surface area contributed by atoms with E-state index in [1.54, 1.807) is 24.3 Å². The van der Waals surface area contributed by atoms with Crippen LogP contribution >= 0.6 is 0 Å². The largest absolute Gasteiger partial charge is 0.486 e. The third-order valence-corrected chi connectivity index (χ3v) is 5.22. The number of hydrogen-bond acceptors (Lipinski definition) is 4. The average Bonchev–Trinajstić information content (AvgIpc) is 2.84. The molecule has 4 aromatic rings. The van der Waals surface area contributed by atoms with Gasteiger partial charge in [-0.05, 0) is 54.6 Å². The summed E-state index contributed by atoms with van der Waals surface area (Å²) in [4.78, 5) is 17.0. The maximum absolute atomic E-state index is 13.8. The van der Waals surface area contributed by atoms with Crippen molar-refractivity contribution >= 4 is 11.6 Å². The van der Waals surface area contributed by atoms with E-state index in [0.717, 1.165) is 34.6 Å². The summed E-state index contributed by atoms with van der Waals surface area (Å²) >= 11 is 0. The van der Waals surface area contributed by atoms with Crippen molar-refractivity contribution in [3.63, 3.8) is 0 Å².